The lowest BCUT2D eigenvalue weighted by atomic mass is 10.2. The largest absolute Gasteiger partial charge is 0.318 e. The van der Waals surface area contributed by atoms with Crippen LogP contribution in [0.5, 0.6) is 0 Å². The second kappa shape index (κ2) is 9.30. The quantitative estimate of drug-likeness (QED) is 0.330. The van der Waals surface area contributed by atoms with Gasteiger partial charge in [0, 0.05) is 28.1 Å². The van der Waals surface area contributed by atoms with E-state index in [0.29, 0.717) is 27.3 Å². The van der Waals surface area contributed by atoms with E-state index < -0.39 is 0 Å². The van der Waals surface area contributed by atoms with E-state index in [-0.39, 0.29) is 5.91 Å². The maximum absolute atomic E-state index is 13.1. The number of amides is 1. The SMILES string of the molecule is CCN1C(=O)/C(=C/c2cc(C)n(-c3cccc(C)c3)c2C)SC1=Nc1ccc(Br)c(Cl)c1. The lowest BCUT2D eigenvalue weighted by Gasteiger charge is -2.12. The van der Waals surface area contributed by atoms with Crippen molar-refractivity contribution in [3.8, 4) is 5.69 Å². The molecule has 32 heavy (non-hydrogen) atoms. The molecule has 0 N–H and O–H groups in total. The number of hydrogen-bond donors (Lipinski definition) is 0. The molecule has 1 saturated heterocycles. The van der Waals surface area contributed by atoms with E-state index in [9.17, 15) is 4.79 Å². The Morgan fingerprint density at radius 2 is 1.91 bits per heavy atom. The van der Waals surface area contributed by atoms with E-state index in [1.54, 1.807) is 11.0 Å². The molecule has 4 rings (SSSR count). The molecule has 1 aliphatic rings. The number of amidine groups is 1. The van der Waals surface area contributed by atoms with Crippen molar-refractivity contribution < 1.29 is 4.79 Å². The molecule has 0 saturated carbocycles. The van der Waals surface area contributed by atoms with Crippen LogP contribution in [0, 0.1) is 20.8 Å². The Kier molecular flexibility index (Phi) is 6.65. The number of aryl methyl sites for hydroxylation is 2. The summed E-state index contributed by atoms with van der Waals surface area (Å²) in [5.74, 6) is -0.0279. The summed E-state index contributed by atoms with van der Waals surface area (Å²) < 4.78 is 3.04. The van der Waals surface area contributed by atoms with Gasteiger partial charge in [0.25, 0.3) is 5.91 Å². The lowest BCUT2D eigenvalue weighted by molar-refractivity contribution is -0.122. The fourth-order valence-electron chi connectivity index (χ4n) is 3.77. The molecule has 0 radical (unpaired) electrons. The summed E-state index contributed by atoms with van der Waals surface area (Å²) in [6, 6.07) is 16.1. The average molecular weight is 529 g/mol. The third kappa shape index (κ3) is 4.45. The fourth-order valence-corrected chi connectivity index (χ4v) is 5.25. The normalized spacial score (nSPS) is 16.6. The minimum absolute atomic E-state index is 0.0279. The standard InChI is InChI=1S/C25H23BrClN3OS/c1-5-29-24(31)23(32-25(29)28-19-9-10-21(26)22(27)14-19)13-18-12-16(3)30(17(18)4)20-8-6-7-15(2)11-20/h6-14H,5H2,1-4H3/b23-13-,28-25?. The van der Waals surface area contributed by atoms with Gasteiger partial charge in [0.1, 0.15) is 0 Å². The van der Waals surface area contributed by atoms with Crippen molar-refractivity contribution in [2.45, 2.75) is 27.7 Å². The number of nitrogens with zero attached hydrogens (tertiary/aromatic N) is 3. The van der Waals surface area contributed by atoms with E-state index in [0.717, 1.165) is 27.1 Å². The fraction of sp³-hybridized carbons (Fsp3) is 0.200. The highest BCUT2D eigenvalue weighted by Crippen LogP contribution is 2.36. The number of aromatic nitrogens is 1. The predicted octanol–water partition coefficient (Wildman–Crippen LogP) is 7.44. The molecule has 1 fully saturated rings. The highest BCUT2D eigenvalue weighted by molar-refractivity contribution is 9.10. The monoisotopic (exact) mass is 527 g/mol. The van der Waals surface area contributed by atoms with Crippen LogP contribution in [0.1, 0.15) is 29.4 Å². The number of carbonyl (C=O) groups is 1. The van der Waals surface area contributed by atoms with Crippen molar-refractivity contribution in [3.05, 3.63) is 85.4 Å². The zero-order valence-electron chi connectivity index (χ0n) is 18.3. The van der Waals surface area contributed by atoms with Crippen molar-refractivity contribution >= 4 is 62.1 Å². The Balaban J connectivity index is 1.70. The first kappa shape index (κ1) is 22.9. The van der Waals surface area contributed by atoms with Crippen molar-refractivity contribution in [1.82, 2.24) is 9.47 Å². The van der Waals surface area contributed by atoms with Gasteiger partial charge in [-0.15, -0.1) is 0 Å². The molecule has 1 aliphatic heterocycles. The van der Waals surface area contributed by atoms with Crippen LogP contribution >= 0.6 is 39.3 Å². The number of carbonyl (C=O) groups excluding carboxylic acids is 1. The van der Waals surface area contributed by atoms with Crippen molar-refractivity contribution in [2.24, 2.45) is 4.99 Å². The molecule has 0 unspecified atom stereocenters. The maximum Gasteiger partial charge on any atom is 0.266 e. The smallest absolute Gasteiger partial charge is 0.266 e. The van der Waals surface area contributed by atoms with Crippen LogP contribution in [0.4, 0.5) is 5.69 Å². The van der Waals surface area contributed by atoms with Gasteiger partial charge in [0.15, 0.2) is 5.17 Å². The number of thioether (sulfide) groups is 1. The molecule has 0 aliphatic carbocycles. The van der Waals surface area contributed by atoms with Crippen LogP contribution in [0.15, 0.2) is 62.9 Å². The van der Waals surface area contributed by atoms with Crippen LogP contribution in [0.2, 0.25) is 5.02 Å². The minimum Gasteiger partial charge on any atom is -0.318 e. The van der Waals surface area contributed by atoms with Gasteiger partial charge >= 0.3 is 0 Å². The first-order valence-electron chi connectivity index (χ1n) is 10.3. The highest BCUT2D eigenvalue weighted by Gasteiger charge is 2.32. The molecule has 0 spiro atoms. The summed E-state index contributed by atoms with van der Waals surface area (Å²) in [6.07, 6.45) is 1.97. The molecular formula is C25H23BrClN3OS. The summed E-state index contributed by atoms with van der Waals surface area (Å²) in [4.78, 5) is 20.2. The number of likely N-dealkylation sites (N-methyl/N-ethyl adjacent to an activating group) is 1. The second-order valence-corrected chi connectivity index (χ2v) is 9.92. The molecule has 164 valence electrons. The Hall–Kier alpha value is -2.28. The Morgan fingerprint density at radius 3 is 2.59 bits per heavy atom. The van der Waals surface area contributed by atoms with Gasteiger partial charge in [0.2, 0.25) is 0 Å². The van der Waals surface area contributed by atoms with Crippen LogP contribution in [-0.2, 0) is 4.79 Å². The first-order chi connectivity index (χ1) is 15.3. The van der Waals surface area contributed by atoms with E-state index in [1.165, 1.54) is 17.3 Å². The first-order valence-corrected chi connectivity index (χ1v) is 12.3. The van der Waals surface area contributed by atoms with Gasteiger partial charge in [-0.2, -0.15) is 0 Å². The summed E-state index contributed by atoms with van der Waals surface area (Å²) in [5, 5.41) is 1.25. The van der Waals surface area contributed by atoms with Crippen molar-refractivity contribution in [3.63, 3.8) is 0 Å². The van der Waals surface area contributed by atoms with E-state index in [1.807, 2.05) is 25.1 Å². The maximum atomic E-state index is 13.1. The molecule has 1 aromatic heterocycles. The minimum atomic E-state index is -0.0279. The van der Waals surface area contributed by atoms with Gasteiger partial charge < -0.3 is 4.57 Å². The molecule has 7 heteroatoms. The summed E-state index contributed by atoms with van der Waals surface area (Å²) >= 11 is 11.0. The molecule has 1 amide bonds. The number of aliphatic imine (C=N–C) groups is 1. The molecule has 4 nitrogen and oxygen atoms in total. The summed E-state index contributed by atoms with van der Waals surface area (Å²) in [5.41, 5.74) is 6.31. The van der Waals surface area contributed by atoms with Gasteiger partial charge in [-0.25, -0.2) is 4.99 Å². The molecule has 0 atom stereocenters. The number of hydrogen-bond acceptors (Lipinski definition) is 3. The topological polar surface area (TPSA) is 37.6 Å². The Bertz CT molecular complexity index is 1280. The van der Waals surface area contributed by atoms with Gasteiger partial charge in [0.05, 0.1) is 15.6 Å². The summed E-state index contributed by atoms with van der Waals surface area (Å²) in [7, 11) is 0. The van der Waals surface area contributed by atoms with Gasteiger partial charge in [-0.1, -0.05) is 23.7 Å². The predicted molar refractivity (Wildman–Crippen MR) is 139 cm³/mol. The third-order valence-electron chi connectivity index (χ3n) is 5.35. The molecule has 3 aromatic rings. The Labute approximate surface area is 206 Å². The number of benzene rings is 2. The summed E-state index contributed by atoms with van der Waals surface area (Å²) in [6.45, 7) is 8.77. The van der Waals surface area contributed by atoms with Crippen molar-refractivity contribution in [1.29, 1.82) is 0 Å². The highest BCUT2D eigenvalue weighted by atomic mass is 79.9. The lowest BCUT2D eigenvalue weighted by Crippen LogP contribution is -2.28. The van der Waals surface area contributed by atoms with E-state index >= 15 is 0 Å². The second-order valence-electron chi connectivity index (χ2n) is 7.65. The van der Waals surface area contributed by atoms with Crippen LogP contribution in [-0.4, -0.2) is 27.1 Å². The van der Waals surface area contributed by atoms with Gasteiger partial charge in [-0.3, -0.25) is 9.69 Å². The molecule has 2 aromatic carbocycles. The number of halogens is 2. The Morgan fingerprint density at radius 1 is 1.12 bits per heavy atom. The molecule has 2 heterocycles. The zero-order chi connectivity index (χ0) is 23.0. The molecule has 0 bridgehead atoms. The zero-order valence-corrected chi connectivity index (χ0v) is 21.5. The van der Waals surface area contributed by atoms with Crippen LogP contribution in [0.25, 0.3) is 11.8 Å². The molecular weight excluding hydrogens is 506 g/mol. The van der Waals surface area contributed by atoms with Crippen LogP contribution in [0.3, 0.4) is 0 Å². The number of rotatable bonds is 4. The van der Waals surface area contributed by atoms with E-state index in [4.69, 9.17) is 16.6 Å². The van der Waals surface area contributed by atoms with E-state index in [2.05, 4.69) is 71.6 Å². The van der Waals surface area contributed by atoms with Gasteiger partial charge in [-0.05, 0) is 109 Å². The van der Waals surface area contributed by atoms with Crippen molar-refractivity contribution in [2.75, 3.05) is 6.54 Å². The average Bonchev–Trinajstić information content (AvgIpc) is 3.19. The third-order valence-corrected chi connectivity index (χ3v) is 7.59. The van der Waals surface area contributed by atoms with Crippen LogP contribution < -0.4 is 0 Å².